The Morgan fingerprint density at radius 3 is 2.35 bits per heavy atom. The lowest BCUT2D eigenvalue weighted by molar-refractivity contribution is -0.133. The summed E-state index contributed by atoms with van der Waals surface area (Å²) >= 11 is 0. The minimum atomic E-state index is -0.328. The van der Waals surface area contributed by atoms with Crippen molar-refractivity contribution in [2.24, 2.45) is 23.5 Å². The van der Waals surface area contributed by atoms with Gasteiger partial charge in [0.1, 0.15) is 0 Å². The summed E-state index contributed by atoms with van der Waals surface area (Å²) in [6.45, 7) is 10.4. The SMILES string of the molecule is CC(C)C1CCCN(C(=O)C(N)C(C)C)CC1. The standard InChI is InChI=1S/C14H28N2O/c1-10(2)12-6-5-8-16(9-7-12)14(17)13(15)11(3)4/h10-13H,5-9,15H2,1-4H3. The summed E-state index contributed by atoms with van der Waals surface area (Å²) in [6, 6.07) is -0.328. The van der Waals surface area contributed by atoms with E-state index in [-0.39, 0.29) is 17.9 Å². The third-order valence-electron chi connectivity index (χ3n) is 4.03. The van der Waals surface area contributed by atoms with Crippen LogP contribution in [-0.2, 0) is 4.79 Å². The van der Waals surface area contributed by atoms with Crippen LogP contribution in [-0.4, -0.2) is 29.9 Å². The molecule has 1 aliphatic rings. The first-order valence-corrected chi connectivity index (χ1v) is 6.97. The van der Waals surface area contributed by atoms with E-state index in [2.05, 4.69) is 13.8 Å². The molecule has 1 amide bonds. The largest absolute Gasteiger partial charge is 0.341 e. The van der Waals surface area contributed by atoms with Crippen molar-refractivity contribution in [1.82, 2.24) is 4.90 Å². The molecule has 1 saturated heterocycles. The van der Waals surface area contributed by atoms with Crippen LogP contribution in [0.4, 0.5) is 0 Å². The third kappa shape index (κ3) is 3.98. The summed E-state index contributed by atoms with van der Waals surface area (Å²) in [5.41, 5.74) is 5.95. The molecule has 1 heterocycles. The molecular formula is C14H28N2O. The fraction of sp³-hybridized carbons (Fsp3) is 0.929. The van der Waals surface area contributed by atoms with Gasteiger partial charge in [-0.3, -0.25) is 4.79 Å². The van der Waals surface area contributed by atoms with Crippen LogP contribution in [0.5, 0.6) is 0 Å². The number of nitrogens with two attached hydrogens (primary N) is 1. The van der Waals surface area contributed by atoms with E-state index in [0.717, 1.165) is 37.8 Å². The van der Waals surface area contributed by atoms with E-state index in [9.17, 15) is 4.79 Å². The average molecular weight is 240 g/mol. The molecule has 0 aliphatic carbocycles. The van der Waals surface area contributed by atoms with Gasteiger partial charge in [-0.1, -0.05) is 27.7 Å². The smallest absolute Gasteiger partial charge is 0.239 e. The number of nitrogens with zero attached hydrogens (tertiary/aromatic N) is 1. The summed E-state index contributed by atoms with van der Waals surface area (Å²) in [5, 5.41) is 0. The van der Waals surface area contributed by atoms with E-state index in [4.69, 9.17) is 5.73 Å². The molecule has 1 fully saturated rings. The van der Waals surface area contributed by atoms with E-state index in [1.807, 2.05) is 18.7 Å². The molecule has 0 aromatic carbocycles. The van der Waals surface area contributed by atoms with Gasteiger partial charge >= 0.3 is 0 Å². The summed E-state index contributed by atoms with van der Waals surface area (Å²) < 4.78 is 0. The highest BCUT2D eigenvalue weighted by atomic mass is 16.2. The van der Waals surface area contributed by atoms with E-state index in [1.165, 1.54) is 6.42 Å². The molecule has 2 unspecified atom stereocenters. The van der Waals surface area contributed by atoms with Crippen LogP contribution in [0.1, 0.15) is 47.0 Å². The van der Waals surface area contributed by atoms with E-state index < -0.39 is 0 Å². The molecule has 0 radical (unpaired) electrons. The molecule has 1 rings (SSSR count). The van der Waals surface area contributed by atoms with Gasteiger partial charge in [0.2, 0.25) is 5.91 Å². The van der Waals surface area contributed by atoms with Gasteiger partial charge in [-0.25, -0.2) is 0 Å². The quantitative estimate of drug-likeness (QED) is 0.822. The van der Waals surface area contributed by atoms with Crippen LogP contribution in [0.15, 0.2) is 0 Å². The first-order valence-electron chi connectivity index (χ1n) is 6.97. The number of rotatable bonds is 3. The molecular weight excluding hydrogens is 212 g/mol. The van der Waals surface area contributed by atoms with Crippen LogP contribution in [0.3, 0.4) is 0 Å². The van der Waals surface area contributed by atoms with Gasteiger partial charge in [0.15, 0.2) is 0 Å². The summed E-state index contributed by atoms with van der Waals surface area (Å²) in [5.74, 6) is 1.86. The van der Waals surface area contributed by atoms with Crippen LogP contribution in [0, 0.1) is 17.8 Å². The van der Waals surface area contributed by atoms with Gasteiger partial charge in [0.05, 0.1) is 6.04 Å². The maximum absolute atomic E-state index is 12.2. The van der Waals surface area contributed by atoms with E-state index in [0.29, 0.717) is 0 Å². The van der Waals surface area contributed by atoms with Crippen LogP contribution >= 0.6 is 0 Å². The third-order valence-corrected chi connectivity index (χ3v) is 4.03. The molecule has 2 N–H and O–H groups in total. The van der Waals surface area contributed by atoms with Gasteiger partial charge < -0.3 is 10.6 Å². The van der Waals surface area contributed by atoms with Crippen molar-refractivity contribution in [2.45, 2.75) is 53.0 Å². The molecule has 0 aromatic rings. The topological polar surface area (TPSA) is 46.3 Å². The van der Waals surface area contributed by atoms with Gasteiger partial charge in [-0.05, 0) is 37.0 Å². The summed E-state index contributed by atoms with van der Waals surface area (Å²) in [4.78, 5) is 14.1. The lowest BCUT2D eigenvalue weighted by Crippen LogP contribution is -2.46. The first-order chi connectivity index (χ1) is 7.93. The normalized spacial score (nSPS) is 23.9. The molecule has 0 bridgehead atoms. The van der Waals surface area contributed by atoms with Gasteiger partial charge in [-0.2, -0.15) is 0 Å². The minimum Gasteiger partial charge on any atom is -0.341 e. The highest BCUT2D eigenvalue weighted by molar-refractivity contribution is 5.81. The molecule has 1 aliphatic heterocycles. The molecule has 0 spiro atoms. The minimum absolute atomic E-state index is 0.143. The monoisotopic (exact) mass is 240 g/mol. The predicted molar refractivity (Wildman–Crippen MR) is 71.6 cm³/mol. The number of hydrogen-bond acceptors (Lipinski definition) is 2. The van der Waals surface area contributed by atoms with Crippen molar-refractivity contribution in [1.29, 1.82) is 0 Å². The van der Waals surface area contributed by atoms with Crippen molar-refractivity contribution >= 4 is 5.91 Å². The second-order valence-electron chi connectivity index (χ2n) is 6.03. The Morgan fingerprint density at radius 2 is 1.82 bits per heavy atom. The van der Waals surface area contributed by atoms with Crippen molar-refractivity contribution in [3.63, 3.8) is 0 Å². The molecule has 2 atom stereocenters. The Labute approximate surface area is 106 Å². The molecule has 0 aromatic heterocycles. The maximum Gasteiger partial charge on any atom is 0.239 e. The Balaban J connectivity index is 2.54. The lowest BCUT2D eigenvalue weighted by atomic mass is 9.89. The van der Waals surface area contributed by atoms with Crippen LogP contribution in [0.2, 0.25) is 0 Å². The molecule has 3 heteroatoms. The zero-order valence-electron chi connectivity index (χ0n) is 11.8. The lowest BCUT2D eigenvalue weighted by Gasteiger charge is -2.26. The van der Waals surface area contributed by atoms with Crippen molar-refractivity contribution in [3.05, 3.63) is 0 Å². The second kappa shape index (κ2) is 6.39. The maximum atomic E-state index is 12.2. The Morgan fingerprint density at radius 1 is 1.18 bits per heavy atom. The summed E-state index contributed by atoms with van der Waals surface area (Å²) in [6.07, 6.45) is 3.51. The fourth-order valence-corrected chi connectivity index (χ4v) is 2.51. The number of carbonyl (C=O) groups excluding carboxylic acids is 1. The number of amides is 1. The Hall–Kier alpha value is -0.570. The van der Waals surface area contributed by atoms with Crippen molar-refractivity contribution in [2.75, 3.05) is 13.1 Å². The number of likely N-dealkylation sites (tertiary alicyclic amines) is 1. The van der Waals surface area contributed by atoms with Crippen LogP contribution < -0.4 is 5.73 Å². The molecule has 100 valence electrons. The summed E-state index contributed by atoms with van der Waals surface area (Å²) in [7, 11) is 0. The van der Waals surface area contributed by atoms with E-state index >= 15 is 0 Å². The molecule has 17 heavy (non-hydrogen) atoms. The number of carbonyl (C=O) groups is 1. The van der Waals surface area contributed by atoms with Crippen molar-refractivity contribution in [3.8, 4) is 0 Å². The van der Waals surface area contributed by atoms with E-state index in [1.54, 1.807) is 0 Å². The van der Waals surface area contributed by atoms with Crippen molar-refractivity contribution < 1.29 is 4.79 Å². The van der Waals surface area contributed by atoms with Gasteiger partial charge in [0.25, 0.3) is 0 Å². The molecule has 3 nitrogen and oxygen atoms in total. The predicted octanol–water partition coefficient (Wildman–Crippen LogP) is 2.25. The Bertz CT molecular complexity index is 251. The first kappa shape index (κ1) is 14.5. The fourth-order valence-electron chi connectivity index (χ4n) is 2.51. The highest BCUT2D eigenvalue weighted by Gasteiger charge is 2.26. The zero-order valence-corrected chi connectivity index (χ0v) is 11.8. The highest BCUT2D eigenvalue weighted by Crippen LogP contribution is 2.24. The second-order valence-corrected chi connectivity index (χ2v) is 6.03. The van der Waals surface area contributed by atoms with Gasteiger partial charge in [0, 0.05) is 13.1 Å². The zero-order chi connectivity index (χ0) is 13.0. The average Bonchev–Trinajstić information content (AvgIpc) is 2.52. The molecule has 0 saturated carbocycles. The van der Waals surface area contributed by atoms with Gasteiger partial charge in [-0.15, -0.1) is 0 Å². The number of hydrogen-bond donors (Lipinski definition) is 1. The Kier molecular flexibility index (Phi) is 5.44. The van der Waals surface area contributed by atoms with Crippen LogP contribution in [0.25, 0.3) is 0 Å².